The molecule has 3 saturated carbocycles. The van der Waals surface area contributed by atoms with Gasteiger partial charge in [-0.05, 0) is 25.7 Å². The van der Waals surface area contributed by atoms with E-state index in [1.807, 2.05) is 0 Å². The molecule has 0 radical (unpaired) electrons. The zero-order valence-corrected chi connectivity index (χ0v) is 15.1. The summed E-state index contributed by atoms with van der Waals surface area (Å²) in [5.41, 5.74) is -2.30. The summed E-state index contributed by atoms with van der Waals surface area (Å²) < 4.78 is 18.8. The van der Waals surface area contributed by atoms with E-state index in [0.717, 1.165) is 12.8 Å². The average Bonchev–Trinajstić information content (AvgIpc) is 2.96. The smallest absolute Gasteiger partial charge is 0.313 e. The van der Waals surface area contributed by atoms with Crippen molar-refractivity contribution in [3.05, 3.63) is 0 Å². The molecule has 6 aliphatic rings. The fourth-order valence-electron chi connectivity index (χ4n) is 7.96. The van der Waals surface area contributed by atoms with Crippen molar-refractivity contribution in [3.63, 3.8) is 0 Å². The zero-order valence-electron chi connectivity index (χ0n) is 13.5. The van der Waals surface area contributed by atoms with E-state index in [9.17, 15) is 9.90 Å². The van der Waals surface area contributed by atoms with Crippen LogP contribution in [-0.2, 0) is 19.0 Å². The maximum absolute atomic E-state index is 12.7. The molecule has 6 rings (SSSR count). The third kappa shape index (κ3) is 0.935. The summed E-state index contributed by atoms with van der Waals surface area (Å²) in [5, 5.41) is 11.5. The van der Waals surface area contributed by atoms with Crippen LogP contribution >= 0.6 is 15.9 Å². The van der Waals surface area contributed by atoms with Crippen molar-refractivity contribution in [2.75, 3.05) is 5.33 Å². The topological polar surface area (TPSA) is 65.0 Å². The first-order chi connectivity index (χ1) is 10.7. The van der Waals surface area contributed by atoms with Crippen LogP contribution in [-0.4, -0.2) is 46.1 Å². The molecule has 6 fully saturated rings. The molecule has 0 aromatic carbocycles. The molecule has 3 heterocycles. The first-order valence-electron chi connectivity index (χ1n) is 8.54. The van der Waals surface area contributed by atoms with Crippen LogP contribution in [0.15, 0.2) is 0 Å². The lowest BCUT2D eigenvalue weighted by Gasteiger charge is -2.54. The predicted octanol–water partition coefficient (Wildman–Crippen LogP) is 1.60. The summed E-state index contributed by atoms with van der Waals surface area (Å²) >= 11 is 3.63. The molecule has 6 heteroatoms. The summed E-state index contributed by atoms with van der Waals surface area (Å²) in [6, 6.07) is 0. The minimum Gasteiger partial charge on any atom is -0.458 e. The largest absolute Gasteiger partial charge is 0.458 e. The number of hydrogen-bond donors (Lipinski definition) is 1. The molecule has 1 N–H and O–H groups in total. The van der Waals surface area contributed by atoms with Gasteiger partial charge in [0.25, 0.3) is 0 Å². The highest BCUT2D eigenvalue weighted by Gasteiger charge is 2.98. The number of aliphatic hydroxyl groups is 1. The van der Waals surface area contributed by atoms with Crippen LogP contribution in [0.5, 0.6) is 0 Å². The molecule has 5 nitrogen and oxygen atoms in total. The van der Waals surface area contributed by atoms with E-state index in [4.69, 9.17) is 14.2 Å². The van der Waals surface area contributed by atoms with Crippen molar-refractivity contribution in [2.24, 2.45) is 28.1 Å². The van der Waals surface area contributed by atoms with E-state index >= 15 is 0 Å². The standard InChI is InChI=1S/C17H21BrO5/c1-13(6-18)9-8-10-15(3)16(12(20)22-10)4-7(16)5-17(15,23-13)14(9,2)11(19)21-8/h7-11,19H,4-6H2,1-3H3/t7-,8?,9?,10?,11+,13-,14?,15?,16-,17?/m1/s1. The van der Waals surface area contributed by atoms with Crippen LogP contribution in [0.3, 0.4) is 0 Å². The molecule has 4 bridgehead atoms. The summed E-state index contributed by atoms with van der Waals surface area (Å²) in [4.78, 5) is 12.7. The second-order valence-corrected chi connectivity index (χ2v) is 9.75. The average molecular weight is 385 g/mol. The number of alkyl halides is 1. The van der Waals surface area contributed by atoms with Gasteiger partial charge in [-0.2, -0.15) is 0 Å². The lowest BCUT2D eigenvalue weighted by Crippen LogP contribution is -2.66. The van der Waals surface area contributed by atoms with Gasteiger partial charge in [-0.1, -0.05) is 29.8 Å². The van der Waals surface area contributed by atoms with Crippen molar-refractivity contribution in [1.29, 1.82) is 0 Å². The van der Waals surface area contributed by atoms with Gasteiger partial charge in [0, 0.05) is 11.2 Å². The molecule has 6 unspecified atom stereocenters. The number of esters is 1. The van der Waals surface area contributed by atoms with Crippen molar-refractivity contribution < 1.29 is 24.1 Å². The minimum atomic E-state index is -0.867. The summed E-state index contributed by atoms with van der Waals surface area (Å²) in [7, 11) is 0. The monoisotopic (exact) mass is 384 g/mol. The molecular formula is C17H21BrO5. The summed E-state index contributed by atoms with van der Waals surface area (Å²) in [6.45, 7) is 6.38. The van der Waals surface area contributed by atoms with Gasteiger partial charge in [0.1, 0.15) is 12.2 Å². The second-order valence-electron chi connectivity index (χ2n) is 9.19. The van der Waals surface area contributed by atoms with Crippen molar-refractivity contribution >= 4 is 21.9 Å². The minimum absolute atomic E-state index is 0.0166. The molecular weight excluding hydrogens is 364 g/mol. The number of carbonyl (C=O) groups excluding carboxylic acids is 1. The Bertz CT molecular complexity index is 684. The lowest BCUT2D eigenvalue weighted by molar-refractivity contribution is -0.223. The molecule has 3 saturated heterocycles. The number of hydrogen-bond acceptors (Lipinski definition) is 5. The number of rotatable bonds is 1. The Morgan fingerprint density at radius 3 is 2.74 bits per heavy atom. The zero-order chi connectivity index (χ0) is 16.2. The predicted molar refractivity (Wildman–Crippen MR) is 81.6 cm³/mol. The lowest BCUT2D eigenvalue weighted by atomic mass is 9.47. The Morgan fingerprint density at radius 2 is 2.04 bits per heavy atom. The van der Waals surface area contributed by atoms with Gasteiger partial charge < -0.3 is 19.3 Å². The molecule has 3 aliphatic carbocycles. The third-order valence-corrected chi connectivity index (χ3v) is 9.96. The van der Waals surface area contributed by atoms with E-state index < -0.39 is 33.7 Å². The Kier molecular flexibility index (Phi) is 2.00. The molecule has 10 atom stereocenters. The summed E-state index contributed by atoms with van der Waals surface area (Å²) in [6.07, 6.45) is 0.268. The quantitative estimate of drug-likeness (QED) is 0.549. The maximum Gasteiger partial charge on any atom is 0.313 e. The first kappa shape index (κ1) is 14.0. The number of fused-ring (bicyclic) bond motifs is 1. The van der Waals surface area contributed by atoms with Gasteiger partial charge in [0.2, 0.25) is 0 Å². The van der Waals surface area contributed by atoms with E-state index in [1.165, 1.54) is 0 Å². The molecule has 126 valence electrons. The highest BCUT2D eigenvalue weighted by molar-refractivity contribution is 9.09. The van der Waals surface area contributed by atoms with E-state index in [0.29, 0.717) is 11.2 Å². The van der Waals surface area contributed by atoms with Crippen LogP contribution in [0.2, 0.25) is 0 Å². The molecule has 2 spiro atoms. The summed E-state index contributed by atoms with van der Waals surface area (Å²) in [5.74, 6) is 0.283. The van der Waals surface area contributed by atoms with Crippen LogP contribution in [0.4, 0.5) is 0 Å². The van der Waals surface area contributed by atoms with Crippen molar-refractivity contribution in [3.8, 4) is 0 Å². The fourth-order valence-corrected chi connectivity index (χ4v) is 8.43. The number of aliphatic hydroxyl groups excluding tert-OH is 1. The Labute approximate surface area is 143 Å². The number of halogens is 1. The van der Waals surface area contributed by atoms with Gasteiger partial charge in [-0.15, -0.1) is 0 Å². The number of ether oxygens (including phenoxy) is 3. The second kappa shape index (κ2) is 3.27. The van der Waals surface area contributed by atoms with Crippen molar-refractivity contribution in [2.45, 2.75) is 63.3 Å². The first-order valence-corrected chi connectivity index (χ1v) is 9.66. The van der Waals surface area contributed by atoms with Crippen LogP contribution in [0, 0.1) is 28.1 Å². The Morgan fingerprint density at radius 1 is 1.30 bits per heavy atom. The van der Waals surface area contributed by atoms with Gasteiger partial charge in [0.15, 0.2) is 6.29 Å². The van der Waals surface area contributed by atoms with Crippen LogP contribution < -0.4 is 0 Å². The molecule has 3 aliphatic heterocycles. The highest BCUT2D eigenvalue weighted by atomic mass is 79.9. The maximum atomic E-state index is 12.7. The highest BCUT2D eigenvalue weighted by Crippen LogP contribution is 2.89. The van der Waals surface area contributed by atoms with Gasteiger partial charge in [-0.3, -0.25) is 4.79 Å². The van der Waals surface area contributed by atoms with E-state index in [1.54, 1.807) is 0 Å². The van der Waals surface area contributed by atoms with E-state index in [2.05, 4.69) is 36.7 Å². The molecule has 0 amide bonds. The molecule has 0 aromatic heterocycles. The third-order valence-electron chi connectivity index (χ3n) is 8.84. The van der Waals surface area contributed by atoms with Gasteiger partial charge in [-0.25, -0.2) is 0 Å². The van der Waals surface area contributed by atoms with Crippen LogP contribution in [0.1, 0.15) is 33.6 Å². The van der Waals surface area contributed by atoms with Gasteiger partial charge in [0.05, 0.1) is 27.4 Å². The van der Waals surface area contributed by atoms with Gasteiger partial charge >= 0.3 is 5.97 Å². The van der Waals surface area contributed by atoms with Crippen molar-refractivity contribution in [1.82, 2.24) is 0 Å². The Balaban J connectivity index is 1.70. The normalized spacial score (nSPS) is 72.9. The Hall–Kier alpha value is -0.170. The number of carbonyl (C=O) groups is 1. The molecule has 0 aromatic rings. The molecule has 23 heavy (non-hydrogen) atoms. The van der Waals surface area contributed by atoms with E-state index in [-0.39, 0.29) is 24.1 Å². The fraction of sp³-hybridized carbons (Fsp3) is 0.941. The van der Waals surface area contributed by atoms with Crippen LogP contribution in [0.25, 0.3) is 0 Å². The SMILES string of the molecule is CC12C3C(O[C@@H]1O)C1OC(=O)[C@@]45C[C@@H]4CC2(O[C@]3(C)CBr)C15C.